The first kappa shape index (κ1) is 26.3. The Bertz CT molecular complexity index is 1870. The lowest BCUT2D eigenvalue weighted by molar-refractivity contribution is -0.384. The molecule has 3 heterocycles. The van der Waals surface area contributed by atoms with Gasteiger partial charge in [-0.15, -0.1) is 0 Å². The van der Waals surface area contributed by atoms with E-state index in [1.165, 1.54) is 31.4 Å². The van der Waals surface area contributed by atoms with Crippen molar-refractivity contribution in [2.24, 2.45) is 5.92 Å². The summed E-state index contributed by atoms with van der Waals surface area (Å²) in [5, 5.41) is 14.6. The van der Waals surface area contributed by atoms with Crippen LogP contribution in [-0.4, -0.2) is 40.4 Å². The average molecular weight is 572 g/mol. The number of non-ortho nitro benzene ring substituents is 1. The van der Waals surface area contributed by atoms with Gasteiger partial charge in [-0.1, -0.05) is 54.6 Å². The number of ether oxygens (including phenoxy) is 1. The molecule has 43 heavy (non-hydrogen) atoms. The van der Waals surface area contributed by atoms with E-state index in [9.17, 15) is 24.5 Å². The van der Waals surface area contributed by atoms with Crippen LogP contribution in [0.5, 0.6) is 5.75 Å². The number of anilines is 1. The van der Waals surface area contributed by atoms with Gasteiger partial charge < -0.3 is 15.0 Å². The van der Waals surface area contributed by atoms with Crippen molar-refractivity contribution in [1.82, 2.24) is 4.90 Å². The molecule has 7 rings (SSSR count). The maximum atomic E-state index is 14.8. The summed E-state index contributed by atoms with van der Waals surface area (Å²) < 4.78 is 5.29. The summed E-state index contributed by atoms with van der Waals surface area (Å²) >= 11 is 0. The standard InChI is InChI=1S/C34H25N3O6/c1-43-24-15-13-21(14-16-24)30(38)28-29(31(39)22-8-6-9-23(19-22)37(41)42)36-18-17-20-7-2-3-10-25(20)32(36)34(28)26-11-4-5-12-27(26)35-33(34)40/h2-19,28-29,32H,1H3,(H,35,40)/t28-,29+,32+,34+/m0/s1. The number of methoxy groups -OCH3 is 1. The Balaban J connectivity index is 1.51. The maximum Gasteiger partial charge on any atom is 0.270 e. The second kappa shape index (κ2) is 9.77. The van der Waals surface area contributed by atoms with Gasteiger partial charge in [-0.2, -0.15) is 0 Å². The normalized spacial score (nSPS) is 22.9. The number of hydrogen-bond donors (Lipinski definition) is 1. The van der Waals surface area contributed by atoms with Gasteiger partial charge in [0.25, 0.3) is 5.69 Å². The van der Waals surface area contributed by atoms with Crippen molar-refractivity contribution in [3.05, 3.63) is 141 Å². The molecule has 9 heteroatoms. The minimum atomic E-state index is -1.49. The Morgan fingerprint density at radius 1 is 0.907 bits per heavy atom. The van der Waals surface area contributed by atoms with Crippen LogP contribution in [0.1, 0.15) is 43.4 Å². The molecule has 0 aliphatic carbocycles. The van der Waals surface area contributed by atoms with Crippen molar-refractivity contribution >= 4 is 34.9 Å². The number of benzene rings is 4. The topological polar surface area (TPSA) is 119 Å². The molecule has 0 unspecified atom stereocenters. The molecule has 0 bridgehead atoms. The average Bonchev–Trinajstić information content (AvgIpc) is 3.52. The summed E-state index contributed by atoms with van der Waals surface area (Å²) in [6.07, 6.45) is 3.64. The van der Waals surface area contributed by atoms with E-state index >= 15 is 0 Å². The zero-order valence-corrected chi connectivity index (χ0v) is 23.0. The Kier molecular flexibility index (Phi) is 5.98. The molecule has 0 radical (unpaired) electrons. The highest BCUT2D eigenvalue weighted by Crippen LogP contribution is 2.62. The van der Waals surface area contributed by atoms with Gasteiger partial charge >= 0.3 is 0 Å². The lowest BCUT2D eigenvalue weighted by Gasteiger charge is -2.38. The summed E-state index contributed by atoms with van der Waals surface area (Å²) in [7, 11) is 1.53. The smallest absolute Gasteiger partial charge is 0.270 e. The largest absolute Gasteiger partial charge is 0.497 e. The monoisotopic (exact) mass is 571 g/mol. The van der Waals surface area contributed by atoms with E-state index in [1.54, 1.807) is 41.4 Å². The molecule has 1 N–H and O–H groups in total. The van der Waals surface area contributed by atoms with Crippen LogP contribution < -0.4 is 10.1 Å². The van der Waals surface area contributed by atoms with Crippen molar-refractivity contribution in [2.45, 2.75) is 17.5 Å². The third-order valence-corrected chi connectivity index (χ3v) is 8.84. The summed E-state index contributed by atoms with van der Waals surface area (Å²) in [6.45, 7) is 0. The molecule has 9 nitrogen and oxygen atoms in total. The predicted molar refractivity (Wildman–Crippen MR) is 159 cm³/mol. The predicted octanol–water partition coefficient (Wildman–Crippen LogP) is 5.59. The van der Waals surface area contributed by atoms with E-state index in [1.807, 2.05) is 48.5 Å². The molecular weight excluding hydrogens is 546 g/mol. The first-order chi connectivity index (χ1) is 20.9. The lowest BCUT2D eigenvalue weighted by atomic mass is 9.62. The van der Waals surface area contributed by atoms with E-state index in [-0.39, 0.29) is 17.2 Å². The van der Waals surface area contributed by atoms with Gasteiger partial charge in [0.15, 0.2) is 11.6 Å². The Morgan fingerprint density at radius 2 is 1.65 bits per heavy atom. The number of ketones is 2. The molecule has 1 spiro atoms. The van der Waals surface area contributed by atoms with Gasteiger partial charge in [0.1, 0.15) is 17.2 Å². The number of nitrogens with one attached hydrogen (secondary N) is 1. The minimum absolute atomic E-state index is 0.0847. The molecule has 4 aromatic carbocycles. The van der Waals surface area contributed by atoms with Gasteiger partial charge in [0.05, 0.1) is 24.0 Å². The van der Waals surface area contributed by atoms with Crippen LogP contribution in [0.15, 0.2) is 103 Å². The fourth-order valence-corrected chi connectivity index (χ4v) is 7.05. The molecule has 0 saturated carbocycles. The molecule has 3 aliphatic heterocycles. The van der Waals surface area contributed by atoms with Crippen LogP contribution in [0.3, 0.4) is 0 Å². The molecule has 1 amide bonds. The number of carbonyl (C=O) groups excluding carboxylic acids is 3. The summed E-state index contributed by atoms with van der Waals surface area (Å²) in [5.74, 6) is -1.88. The highest BCUT2D eigenvalue weighted by Gasteiger charge is 2.70. The fraction of sp³-hybridized carbons (Fsp3) is 0.147. The van der Waals surface area contributed by atoms with Crippen molar-refractivity contribution in [3.63, 3.8) is 0 Å². The maximum absolute atomic E-state index is 14.8. The number of nitro benzene ring substituents is 1. The van der Waals surface area contributed by atoms with Crippen LogP contribution >= 0.6 is 0 Å². The first-order valence-electron chi connectivity index (χ1n) is 13.8. The number of fused-ring (bicyclic) bond motifs is 6. The number of nitro groups is 1. The van der Waals surface area contributed by atoms with Crippen molar-refractivity contribution in [2.75, 3.05) is 12.4 Å². The molecule has 1 saturated heterocycles. The second-order valence-corrected chi connectivity index (χ2v) is 10.9. The summed E-state index contributed by atoms with van der Waals surface area (Å²) in [5.41, 5.74) is 1.56. The third kappa shape index (κ3) is 3.74. The number of carbonyl (C=O) groups is 3. The summed E-state index contributed by atoms with van der Waals surface area (Å²) in [4.78, 5) is 56.7. The second-order valence-electron chi connectivity index (χ2n) is 10.9. The van der Waals surface area contributed by atoms with E-state index in [2.05, 4.69) is 5.32 Å². The Labute approximate surface area is 246 Å². The molecule has 1 fully saturated rings. The first-order valence-corrected chi connectivity index (χ1v) is 13.8. The van der Waals surface area contributed by atoms with Crippen LogP contribution in [0.25, 0.3) is 6.08 Å². The third-order valence-electron chi connectivity index (χ3n) is 8.84. The van der Waals surface area contributed by atoms with E-state index < -0.39 is 39.9 Å². The SMILES string of the molecule is COc1ccc(C(=O)[C@@H]2[C@H](C(=O)c3cccc([N+](=O)[O-])c3)N3C=Cc4ccccc4[C@@H]3[C@]23C(=O)Nc2ccccc23)cc1. The number of nitrogens with zero attached hydrogens (tertiary/aromatic N) is 2. The van der Waals surface area contributed by atoms with E-state index in [0.29, 0.717) is 22.6 Å². The highest BCUT2D eigenvalue weighted by atomic mass is 16.6. The number of amides is 1. The lowest BCUT2D eigenvalue weighted by Crippen LogP contribution is -2.49. The van der Waals surface area contributed by atoms with Gasteiger partial charge in [0.2, 0.25) is 5.91 Å². The van der Waals surface area contributed by atoms with Crippen LogP contribution in [-0.2, 0) is 10.2 Å². The van der Waals surface area contributed by atoms with Gasteiger partial charge in [-0.3, -0.25) is 24.5 Å². The quantitative estimate of drug-likeness (QED) is 0.182. The Morgan fingerprint density at radius 3 is 2.42 bits per heavy atom. The van der Waals surface area contributed by atoms with E-state index in [0.717, 1.165) is 11.1 Å². The molecular formula is C34H25N3O6. The van der Waals surface area contributed by atoms with Gasteiger partial charge in [-0.05, 0) is 53.1 Å². The zero-order valence-electron chi connectivity index (χ0n) is 23.0. The van der Waals surface area contributed by atoms with E-state index in [4.69, 9.17) is 4.74 Å². The van der Waals surface area contributed by atoms with Gasteiger partial charge in [0, 0.05) is 35.1 Å². The van der Waals surface area contributed by atoms with Crippen LogP contribution in [0.4, 0.5) is 11.4 Å². The summed E-state index contributed by atoms with van der Waals surface area (Å²) in [6, 6.07) is 25.1. The van der Waals surface area contributed by atoms with Crippen LogP contribution in [0.2, 0.25) is 0 Å². The van der Waals surface area contributed by atoms with Crippen molar-refractivity contribution < 1.29 is 24.0 Å². The highest BCUT2D eigenvalue weighted by molar-refractivity contribution is 6.16. The number of hydrogen-bond acceptors (Lipinski definition) is 7. The zero-order chi connectivity index (χ0) is 29.9. The van der Waals surface area contributed by atoms with Gasteiger partial charge in [-0.25, -0.2) is 0 Å². The number of rotatable bonds is 6. The molecule has 0 aromatic heterocycles. The minimum Gasteiger partial charge on any atom is -0.497 e. The number of para-hydroxylation sites is 1. The molecule has 212 valence electrons. The van der Waals surface area contributed by atoms with Crippen molar-refractivity contribution in [1.29, 1.82) is 0 Å². The van der Waals surface area contributed by atoms with Crippen molar-refractivity contribution in [3.8, 4) is 5.75 Å². The molecule has 4 atom stereocenters. The molecule has 3 aliphatic rings. The fourth-order valence-electron chi connectivity index (χ4n) is 7.05. The number of Topliss-reactive ketones (excluding diaryl/α,β-unsaturated/α-hetero) is 2. The molecule has 4 aromatic rings. The van der Waals surface area contributed by atoms with Crippen LogP contribution in [0, 0.1) is 16.0 Å². The Hall–Kier alpha value is -5.57.